The molecule has 0 bridgehead atoms. The van der Waals surface area contributed by atoms with Crippen molar-refractivity contribution in [2.45, 2.75) is 45.9 Å². The van der Waals surface area contributed by atoms with E-state index < -0.39 is 5.60 Å². The highest BCUT2D eigenvalue weighted by molar-refractivity contribution is 5.84. The molecule has 5 heteroatoms. The van der Waals surface area contributed by atoms with Crippen molar-refractivity contribution in [3.8, 4) is 0 Å². The zero-order valence-electron chi connectivity index (χ0n) is 15.2. The van der Waals surface area contributed by atoms with Gasteiger partial charge >= 0.3 is 6.09 Å². The van der Waals surface area contributed by atoms with Crippen LogP contribution in [0.5, 0.6) is 0 Å². The zero-order valence-corrected chi connectivity index (χ0v) is 15.2. The number of nitrogens with zero attached hydrogens (tertiary/aromatic N) is 2. The molecule has 1 atom stereocenters. The summed E-state index contributed by atoms with van der Waals surface area (Å²) >= 11 is 0. The maximum atomic E-state index is 12.1. The predicted octanol–water partition coefficient (Wildman–Crippen LogP) is 3.58. The van der Waals surface area contributed by atoms with Gasteiger partial charge in [0.1, 0.15) is 5.60 Å². The van der Waals surface area contributed by atoms with E-state index in [1.54, 1.807) is 11.9 Å². The largest absolute Gasteiger partial charge is 0.444 e. The summed E-state index contributed by atoms with van der Waals surface area (Å²) in [7, 11) is 1.76. The first-order chi connectivity index (χ1) is 11.3. The Balaban J connectivity index is 1.90. The maximum absolute atomic E-state index is 12.1. The van der Waals surface area contributed by atoms with Crippen LogP contribution in [-0.4, -0.2) is 41.2 Å². The van der Waals surface area contributed by atoms with E-state index in [0.29, 0.717) is 13.1 Å². The molecule has 0 saturated heterocycles. The van der Waals surface area contributed by atoms with Crippen molar-refractivity contribution in [2.75, 3.05) is 13.6 Å². The van der Waals surface area contributed by atoms with Crippen molar-refractivity contribution < 1.29 is 9.53 Å². The third-order valence-electron chi connectivity index (χ3n) is 3.85. The van der Waals surface area contributed by atoms with Gasteiger partial charge in [-0.15, -0.1) is 0 Å². The summed E-state index contributed by atoms with van der Waals surface area (Å²) in [6, 6.07) is 8.24. The molecule has 0 radical (unpaired) electrons. The van der Waals surface area contributed by atoms with Crippen LogP contribution >= 0.6 is 0 Å². The van der Waals surface area contributed by atoms with Crippen molar-refractivity contribution in [2.24, 2.45) is 0 Å². The number of benzene rings is 1. The van der Waals surface area contributed by atoms with Gasteiger partial charge in [-0.1, -0.05) is 24.3 Å². The summed E-state index contributed by atoms with van der Waals surface area (Å²) < 4.78 is 5.39. The first-order valence-corrected chi connectivity index (χ1v) is 8.26. The first-order valence-electron chi connectivity index (χ1n) is 8.26. The van der Waals surface area contributed by atoms with Gasteiger partial charge in [0.25, 0.3) is 0 Å². The summed E-state index contributed by atoms with van der Waals surface area (Å²) in [6.07, 6.45) is 3.46. The average molecular weight is 329 g/mol. The number of carbonyl (C=O) groups is 1. The number of likely N-dealkylation sites (N-methyl/N-ethyl adjacent to an activating group) is 1. The number of nitrogens with one attached hydrogen (secondary N) is 1. The Morgan fingerprint density at radius 1 is 1.29 bits per heavy atom. The summed E-state index contributed by atoms with van der Waals surface area (Å²) in [6.45, 7) is 9.00. The minimum atomic E-state index is -0.479. The Morgan fingerprint density at radius 3 is 2.71 bits per heavy atom. The molecule has 2 aromatic rings. The van der Waals surface area contributed by atoms with Crippen molar-refractivity contribution >= 4 is 16.9 Å². The number of hydrogen-bond acceptors (Lipinski definition) is 4. The van der Waals surface area contributed by atoms with Gasteiger partial charge in [-0.3, -0.25) is 4.98 Å². The molecule has 0 spiro atoms. The lowest BCUT2D eigenvalue weighted by Gasteiger charge is -2.29. The summed E-state index contributed by atoms with van der Waals surface area (Å²) in [5.74, 6) is 0. The topological polar surface area (TPSA) is 54.5 Å². The molecular weight excluding hydrogens is 302 g/mol. The Bertz CT molecular complexity index is 689. The summed E-state index contributed by atoms with van der Waals surface area (Å²) in [4.78, 5) is 18.0. The highest BCUT2D eigenvalue weighted by Crippen LogP contribution is 2.16. The molecule has 0 saturated carbocycles. The highest BCUT2D eigenvalue weighted by Gasteiger charge is 2.22. The molecule has 1 amide bonds. The van der Waals surface area contributed by atoms with E-state index in [9.17, 15) is 4.79 Å². The molecule has 1 unspecified atom stereocenters. The number of pyridine rings is 1. The summed E-state index contributed by atoms with van der Waals surface area (Å²) in [5.41, 5.74) is 0.674. The van der Waals surface area contributed by atoms with Gasteiger partial charge in [-0.2, -0.15) is 0 Å². The highest BCUT2D eigenvalue weighted by atomic mass is 16.6. The second-order valence-electron chi connectivity index (χ2n) is 7.09. The van der Waals surface area contributed by atoms with E-state index in [-0.39, 0.29) is 12.1 Å². The Labute approximate surface area is 144 Å². The van der Waals surface area contributed by atoms with E-state index in [1.165, 1.54) is 5.39 Å². The average Bonchev–Trinajstić information content (AvgIpc) is 2.52. The van der Waals surface area contributed by atoms with Crippen LogP contribution in [-0.2, 0) is 11.3 Å². The molecule has 0 aliphatic heterocycles. The molecule has 1 aromatic carbocycles. The fraction of sp³-hybridized carbons (Fsp3) is 0.474. The van der Waals surface area contributed by atoms with E-state index >= 15 is 0 Å². The van der Waals surface area contributed by atoms with Crippen molar-refractivity contribution in [1.29, 1.82) is 0 Å². The van der Waals surface area contributed by atoms with Crippen LogP contribution in [0.3, 0.4) is 0 Å². The van der Waals surface area contributed by atoms with E-state index in [0.717, 1.165) is 10.9 Å². The molecule has 2 rings (SSSR count). The van der Waals surface area contributed by atoms with Gasteiger partial charge in [0.05, 0.1) is 0 Å². The number of hydrogen-bond donors (Lipinski definition) is 1. The van der Waals surface area contributed by atoms with Crippen molar-refractivity contribution in [1.82, 2.24) is 15.2 Å². The van der Waals surface area contributed by atoms with Gasteiger partial charge < -0.3 is 15.0 Å². The number of carbonyl (C=O) groups excluding carboxylic acids is 1. The van der Waals surface area contributed by atoms with Crippen LogP contribution in [0.15, 0.2) is 36.7 Å². The van der Waals surface area contributed by atoms with Gasteiger partial charge in [0, 0.05) is 44.0 Å². The SMILES string of the molecule is CC(CNCc1cncc2ccccc12)N(C)C(=O)OC(C)(C)C. The molecule has 0 aliphatic rings. The molecule has 1 heterocycles. The Hall–Kier alpha value is -2.14. The number of amides is 1. The lowest BCUT2D eigenvalue weighted by Crippen LogP contribution is -2.43. The van der Waals surface area contributed by atoms with Gasteiger partial charge in [0.15, 0.2) is 0 Å². The van der Waals surface area contributed by atoms with Crippen LogP contribution in [0.1, 0.15) is 33.3 Å². The normalized spacial score (nSPS) is 12.9. The third kappa shape index (κ3) is 4.93. The molecular formula is C19H27N3O2. The van der Waals surface area contributed by atoms with E-state index in [4.69, 9.17) is 4.74 Å². The van der Waals surface area contributed by atoms with Crippen LogP contribution in [0.25, 0.3) is 10.8 Å². The quantitative estimate of drug-likeness (QED) is 0.911. The molecule has 0 aliphatic carbocycles. The van der Waals surface area contributed by atoms with Gasteiger partial charge in [-0.05, 0) is 38.6 Å². The molecule has 5 nitrogen and oxygen atoms in total. The lowest BCUT2D eigenvalue weighted by molar-refractivity contribution is 0.0236. The molecule has 1 aromatic heterocycles. The Morgan fingerprint density at radius 2 is 2.00 bits per heavy atom. The van der Waals surface area contributed by atoms with Crippen LogP contribution < -0.4 is 5.32 Å². The lowest BCUT2D eigenvalue weighted by atomic mass is 10.1. The van der Waals surface area contributed by atoms with Crippen LogP contribution in [0, 0.1) is 0 Å². The number of aromatic nitrogens is 1. The number of fused-ring (bicyclic) bond motifs is 1. The first kappa shape index (κ1) is 18.2. The predicted molar refractivity (Wildman–Crippen MR) is 96.9 cm³/mol. The smallest absolute Gasteiger partial charge is 0.410 e. The third-order valence-corrected chi connectivity index (χ3v) is 3.85. The number of ether oxygens (including phenoxy) is 1. The zero-order chi connectivity index (χ0) is 17.7. The minimum absolute atomic E-state index is 0.0304. The fourth-order valence-electron chi connectivity index (χ4n) is 2.39. The summed E-state index contributed by atoms with van der Waals surface area (Å²) in [5, 5.41) is 5.74. The van der Waals surface area contributed by atoms with Crippen molar-refractivity contribution in [3.63, 3.8) is 0 Å². The molecule has 130 valence electrons. The number of rotatable bonds is 5. The monoisotopic (exact) mass is 329 g/mol. The maximum Gasteiger partial charge on any atom is 0.410 e. The standard InChI is InChI=1S/C19H27N3O2/c1-14(22(5)18(23)24-19(2,3)4)10-20-12-16-13-21-11-15-8-6-7-9-17(15)16/h6-9,11,13-14,20H,10,12H2,1-5H3. The van der Waals surface area contributed by atoms with Gasteiger partial charge in [0.2, 0.25) is 0 Å². The van der Waals surface area contributed by atoms with Gasteiger partial charge in [-0.25, -0.2) is 4.79 Å². The van der Waals surface area contributed by atoms with E-state index in [1.807, 2.05) is 52.2 Å². The van der Waals surface area contributed by atoms with E-state index in [2.05, 4.69) is 22.4 Å². The van der Waals surface area contributed by atoms with Crippen LogP contribution in [0.4, 0.5) is 4.79 Å². The second kappa shape index (κ2) is 7.62. The minimum Gasteiger partial charge on any atom is -0.444 e. The molecule has 0 fully saturated rings. The van der Waals surface area contributed by atoms with Crippen LogP contribution in [0.2, 0.25) is 0 Å². The molecule has 1 N–H and O–H groups in total. The van der Waals surface area contributed by atoms with Crippen molar-refractivity contribution in [3.05, 3.63) is 42.2 Å². The fourth-order valence-corrected chi connectivity index (χ4v) is 2.39. The molecule has 24 heavy (non-hydrogen) atoms. The Kier molecular flexibility index (Phi) is 5.78. The second-order valence-corrected chi connectivity index (χ2v) is 7.09.